The minimum atomic E-state index is -0.628. The SMILES string of the molecule is CCCCCCCCCCCC/C=C/CC[C@H](O)[C@@H]1CC[C@@H]([C@@H](O)CCC(O)CCCCC[C@H](O)CC2=C[C@H](C)OC2=O)O1. The van der Waals surface area contributed by atoms with Crippen LogP contribution in [0.4, 0.5) is 0 Å². The molecule has 0 spiro atoms. The van der Waals surface area contributed by atoms with Gasteiger partial charge >= 0.3 is 5.97 Å². The number of aliphatic hydroxyl groups excluding tert-OH is 4. The molecule has 0 aromatic heterocycles. The van der Waals surface area contributed by atoms with Crippen molar-refractivity contribution in [3.05, 3.63) is 23.8 Å². The van der Waals surface area contributed by atoms with Crippen LogP contribution >= 0.6 is 0 Å². The van der Waals surface area contributed by atoms with Crippen LogP contribution in [0.25, 0.3) is 0 Å². The third kappa shape index (κ3) is 17.4. The second kappa shape index (κ2) is 24.0. The lowest BCUT2D eigenvalue weighted by Crippen LogP contribution is -2.31. The molecule has 0 aromatic carbocycles. The fourth-order valence-corrected chi connectivity index (χ4v) is 6.46. The molecule has 1 unspecified atom stereocenters. The lowest BCUT2D eigenvalue weighted by Gasteiger charge is -2.22. The summed E-state index contributed by atoms with van der Waals surface area (Å²) in [5.41, 5.74) is 0.563. The van der Waals surface area contributed by atoms with Crippen molar-refractivity contribution in [2.75, 3.05) is 0 Å². The Balaban J connectivity index is 1.43. The Kier molecular flexibility index (Phi) is 21.2. The molecule has 0 saturated carbocycles. The first kappa shape index (κ1) is 38.9. The molecule has 2 rings (SSSR count). The predicted molar refractivity (Wildman–Crippen MR) is 177 cm³/mol. The third-order valence-corrected chi connectivity index (χ3v) is 9.28. The predicted octanol–water partition coefficient (Wildman–Crippen LogP) is 7.62. The number of carbonyl (C=O) groups excluding carboxylic acids is 1. The molecule has 2 heterocycles. The third-order valence-electron chi connectivity index (χ3n) is 9.28. The first-order chi connectivity index (χ1) is 21.3. The van der Waals surface area contributed by atoms with Crippen LogP contribution in [0.15, 0.2) is 23.8 Å². The molecule has 1 saturated heterocycles. The van der Waals surface area contributed by atoms with Crippen LogP contribution in [-0.2, 0) is 14.3 Å². The van der Waals surface area contributed by atoms with E-state index in [1.165, 1.54) is 64.2 Å². The Morgan fingerprint density at radius 1 is 0.705 bits per heavy atom. The van der Waals surface area contributed by atoms with Crippen LogP contribution in [0.2, 0.25) is 0 Å². The van der Waals surface area contributed by atoms with Crippen molar-refractivity contribution in [2.24, 2.45) is 0 Å². The summed E-state index contributed by atoms with van der Waals surface area (Å²) in [4.78, 5) is 11.7. The molecular weight excluding hydrogens is 556 g/mol. The van der Waals surface area contributed by atoms with Gasteiger partial charge in [0.1, 0.15) is 6.10 Å². The maximum atomic E-state index is 11.7. The molecule has 44 heavy (non-hydrogen) atoms. The average Bonchev–Trinajstić information content (AvgIpc) is 3.62. The Labute approximate surface area is 268 Å². The van der Waals surface area contributed by atoms with Gasteiger partial charge in [-0.3, -0.25) is 0 Å². The highest BCUT2D eigenvalue weighted by Gasteiger charge is 2.34. The number of ether oxygens (including phenoxy) is 2. The van der Waals surface area contributed by atoms with E-state index in [-0.39, 0.29) is 24.3 Å². The Bertz CT molecular complexity index is 797. The van der Waals surface area contributed by atoms with Crippen LogP contribution in [-0.4, -0.2) is 69.1 Å². The van der Waals surface area contributed by atoms with E-state index in [4.69, 9.17) is 9.47 Å². The van der Waals surface area contributed by atoms with Crippen LogP contribution in [0.5, 0.6) is 0 Å². The van der Waals surface area contributed by atoms with Crippen molar-refractivity contribution in [3.63, 3.8) is 0 Å². The summed E-state index contributed by atoms with van der Waals surface area (Å²) >= 11 is 0. The van der Waals surface area contributed by atoms with Crippen molar-refractivity contribution < 1.29 is 34.7 Å². The summed E-state index contributed by atoms with van der Waals surface area (Å²) in [6, 6.07) is 0. The van der Waals surface area contributed by atoms with Crippen LogP contribution in [0.1, 0.15) is 162 Å². The van der Waals surface area contributed by atoms with Gasteiger partial charge in [0.05, 0.1) is 36.6 Å². The number of rotatable bonds is 27. The fraction of sp³-hybridized carbons (Fsp3) is 0.865. The van der Waals surface area contributed by atoms with E-state index in [1.54, 1.807) is 6.08 Å². The zero-order chi connectivity index (χ0) is 32.0. The quantitative estimate of drug-likeness (QED) is 0.0423. The van der Waals surface area contributed by atoms with E-state index in [9.17, 15) is 25.2 Å². The van der Waals surface area contributed by atoms with Gasteiger partial charge < -0.3 is 29.9 Å². The standard InChI is InChI=1S/C37H66O7/c1-3-4-5-6-7-8-9-10-11-12-13-14-15-19-22-33(40)35-25-26-36(44-35)34(41)24-23-31(38)20-17-16-18-21-32(39)28-30-27-29(2)43-37(30)42/h14-15,27,29,31-36,38-41H,3-13,16-26,28H2,1-2H3/b15-14+/t29-,31?,32-,33-,34-,35-,36-/m0/s1. The second-order valence-electron chi connectivity index (χ2n) is 13.5. The molecule has 256 valence electrons. The number of esters is 1. The van der Waals surface area contributed by atoms with Crippen LogP contribution in [0, 0.1) is 0 Å². The van der Waals surface area contributed by atoms with Gasteiger partial charge in [0.25, 0.3) is 0 Å². The summed E-state index contributed by atoms with van der Waals surface area (Å²) < 4.78 is 11.1. The first-order valence-electron chi connectivity index (χ1n) is 18.2. The minimum absolute atomic E-state index is 0.209. The molecule has 7 atom stereocenters. The van der Waals surface area contributed by atoms with Gasteiger partial charge in [-0.05, 0) is 77.2 Å². The van der Waals surface area contributed by atoms with Crippen molar-refractivity contribution >= 4 is 5.97 Å². The molecular formula is C37H66O7. The van der Waals surface area contributed by atoms with Gasteiger partial charge in [0, 0.05) is 12.0 Å². The van der Waals surface area contributed by atoms with Gasteiger partial charge in [-0.15, -0.1) is 0 Å². The van der Waals surface area contributed by atoms with Gasteiger partial charge in [-0.1, -0.05) is 96.1 Å². The van der Waals surface area contributed by atoms with Gasteiger partial charge in [-0.2, -0.15) is 0 Å². The zero-order valence-corrected chi connectivity index (χ0v) is 28.1. The zero-order valence-electron chi connectivity index (χ0n) is 28.1. The number of allylic oxidation sites excluding steroid dienone is 2. The van der Waals surface area contributed by atoms with E-state index < -0.39 is 24.4 Å². The Hall–Kier alpha value is -1.25. The molecule has 2 aliphatic rings. The molecule has 0 aromatic rings. The molecule has 0 aliphatic carbocycles. The first-order valence-corrected chi connectivity index (χ1v) is 18.2. The van der Waals surface area contributed by atoms with Crippen molar-refractivity contribution in [1.82, 2.24) is 0 Å². The number of aliphatic hydroxyl groups is 4. The lowest BCUT2D eigenvalue weighted by molar-refractivity contribution is -0.139. The summed E-state index contributed by atoms with van der Waals surface area (Å²) in [7, 11) is 0. The highest BCUT2D eigenvalue weighted by Crippen LogP contribution is 2.28. The molecule has 0 amide bonds. The summed E-state index contributed by atoms with van der Waals surface area (Å²) in [6.45, 7) is 4.07. The highest BCUT2D eigenvalue weighted by molar-refractivity contribution is 5.90. The molecule has 0 radical (unpaired) electrons. The second-order valence-corrected chi connectivity index (χ2v) is 13.5. The maximum absolute atomic E-state index is 11.7. The number of cyclic esters (lactones) is 1. The number of hydrogen-bond donors (Lipinski definition) is 4. The van der Waals surface area contributed by atoms with E-state index >= 15 is 0 Å². The normalized spacial score (nSPS) is 23.2. The minimum Gasteiger partial charge on any atom is -0.455 e. The van der Waals surface area contributed by atoms with Crippen molar-refractivity contribution in [2.45, 2.75) is 204 Å². The molecule has 7 nitrogen and oxygen atoms in total. The highest BCUT2D eigenvalue weighted by atomic mass is 16.5. The van der Waals surface area contributed by atoms with E-state index in [0.717, 1.165) is 44.9 Å². The van der Waals surface area contributed by atoms with Gasteiger partial charge in [-0.25, -0.2) is 4.79 Å². The smallest absolute Gasteiger partial charge is 0.334 e. The van der Waals surface area contributed by atoms with E-state index in [0.29, 0.717) is 44.1 Å². The Morgan fingerprint density at radius 2 is 1.25 bits per heavy atom. The monoisotopic (exact) mass is 622 g/mol. The average molecular weight is 623 g/mol. The van der Waals surface area contributed by atoms with Gasteiger partial charge in [0.15, 0.2) is 0 Å². The number of unbranched alkanes of at least 4 members (excludes halogenated alkanes) is 12. The largest absolute Gasteiger partial charge is 0.455 e. The van der Waals surface area contributed by atoms with Gasteiger partial charge in [0.2, 0.25) is 0 Å². The summed E-state index contributed by atoms with van der Waals surface area (Å²) in [5, 5.41) is 41.8. The number of hydrogen-bond acceptors (Lipinski definition) is 7. The lowest BCUT2D eigenvalue weighted by atomic mass is 9.98. The molecule has 2 aliphatic heterocycles. The molecule has 7 heteroatoms. The van der Waals surface area contributed by atoms with Crippen molar-refractivity contribution in [3.8, 4) is 0 Å². The Morgan fingerprint density at radius 3 is 1.86 bits per heavy atom. The summed E-state index contributed by atoms with van der Waals surface area (Å²) in [6.07, 6.45) is 26.3. The number of carbonyl (C=O) groups is 1. The van der Waals surface area contributed by atoms with E-state index in [2.05, 4.69) is 19.1 Å². The van der Waals surface area contributed by atoms with E-state index in [1.807, 2.05) is 6.92 Å². The molecule has 4 N–H and O–H groups in total. The molecule has 1 fully saturated rings. The molecule has 0 bridgehead atoms. The maximum Gasteiger partial charge on any atom is 0.334 e. The topological polar surface area (TPSA) is 116 Å². The summed E-state index contributed by atoms with van der Waals surface area (Å²) in [5.74, 6) is -0.325. The van der Waals surface area contributed by atoms with Crippen LogP contribution in [0.3, 0.4) is 0 Å². The van der Waals surface area contributed by atoms with Crippen LogP contribution < -0.4 is 0 Å². The fourth-order valence-electron chi connectivity index (χ4n) is 6.46. The van der Waals surface area contributed by atoms with Crippen molar-refractivity contribution in [1.29, 1.82) is 0 Å².